The van der Waals surface area contributed by atoms with Gasteiger partial charge >= 0.3 is 0 Å². The maximum atomic E-state index is 12.0. The smallest absolute Gasteiger partial charge is 0.293 e. The first-order valence-electron chi connectivity index (χ1n) is 7.64. The highest BCUT2D eigenvalue weighted by molar-refractivity contribution is 5.94. The van der Waals surface area contributed by atoms with E-state index >= 15 is 0 Å². The number of amides is 1. The Balaban J connectivity index is 1.97. The summed E-state index contributed by atoms with van der Waals surface area (Å²) >= 11 is 0. The van der Waals surface area contributed by atoms with E-state index in [1.54, 1.807) is 25.1 Å². The van der Waals surface area contributed by atoms with Gasteiger partial charge in [0.2, 0.25) is 0 Å². The molecule has 2 rings (SSSR count). The molecular weight excluding hydrogens is 308 g/mol. The lowest BCUT2D eigenvalue weighted by molar-refractivity contribution is -0.384. The molecule has 1 amide bonds. The normalized spacial score (nSPS) is 10.5. The molecule has 24 heavy (non-hydrogen) atoms. The van der Waals surface area contributed by atoms with Crippen molar-refractivity contribution in [2.45, 2.75) is 26.7 Å². The van der Waals surface area contributed by atoms with Crippen LogP contribution in [0.1, 0.15) is 30.9 Å². The van der Waals surface area contributed by atoms with Crippen LogP contribution in [0.15, 0.2) is 42.5 Å². The fraction of sp³-hybridized carbons (Fsp3) is 0.278. The number of anilines is 1. The molecule has 0 aliphatic heterocycles. The van der Waals surface area contributed by atoms with E-state index in [9.17, 15) is 14.9 Å². The minimum atomic E-state index is -0.520. The maximum absolute atomic E-state index is 12.0. The summed E-state index contributed by atoms with van der Waals surface area (Å²) in [6.07, 6.45) is 0. The molecule has 0 bridgehead atoms. The number of hydrogen-bond donors (Lipinski definition) is 1. The second-order valence-corrected chi connectivity index (χ2v) is 5.84. The Hall–Kier alpha value is -2.89. The molecule has 0 aliphatic carbocycles. The fourth-order valence-corrected chi connectivity index (χ4v) is 2.18. The zero-order valence-electron chi connectivity index (χ0n) is 13.9. The number of carbonyl (C=O) groups is 1. The molecule has 6 nitrogen and oxygen atoms in total. The first-order valence-corrected chi connectivity index (χ1v) is 7.64. The van der Waals surface area contributed by atoms with E-state index in [0.717, 1.165) is 5.56 Å². The number of nitrogens with zero attached hydrogens (tertiary/aromatic N) is 1. The van der Waals surface area contributed by atoms with Crippen molar-refractivity contribution in [3.63, 3.8) is 0 Å². The Morgan fingerprint density at radius 1 is 1.21 bits per heavy atom. The molecule has 0 aromatic heterocycles. The van der Waals surface area contributed by atoms with Gasteiger partial charge < -0.3 is 10.1 Å². The number of hydrogen-bond acceptors (Lipinski definition) is 4. The molecule has 126 valence electrons. The highest BCUT2D eigenvalue weighted by Gasteiger charge is 2.16. The van der Waals surface area contributed by atoms with Gasteiger partial charge in [-0.2, -0.15) is 0 Å². The number of rotatable bonds is 6. The lowest BCUT2D eigenvalue weighted by Gasteiger charge is -2.10. The van der Waals surface area contributed by atoms with Crippen molar-refractivity contribution in [2.75, 3.05) is 11.9 Å². The Bertz CT molecular complexity index is 739. The second kappa shape index (κ2) is 7.59. The molecule has 0 fully saturated rings. The minimum Gasteiger partial charge on any atom is -0.484 e. The predicted octanol–water partition coefficient (Wildman–Crippen LogP) is 4.04. The number of nitrogens with one attached hydrogen (secondary N) is 1. The van der Waals surface area contributed by atoms with E-state index in [-0.39, 0.29) is 18.0 Å². The van der Waals surface area contributed by atoms with Crippen LogP contribution in [0.4, 0.5) is 11.4 Å². The molecule has 0 radical (unpaired) electrons. The van der Waals surface area contributed by atoms with Crippen molar-refractivity contribution in [2.24, 2.45) is 0 Å². The topological polar surface area (TPSA) is 81.5 Å². The Morgan fingerprint density at radius 2 is 1.88 bits per heavy atom. The van der Waals surface area contributed by atoms with Crippen LogP contribution in [0.3, 0.4) is 0 Å². The standard InChI is InChI=1S/C18H20N2O4/c1-12(2)14-5-7-15(8-6-14)24-11-18(21)19-16-9-4-13(3)10-17(16)20(22)23/h4-10,12H,11H2,1-3H3,(H,19,21). The molecule has 0 unspecified atom stereocenters. The summed E-state index contributed by atoms with van der Waals surface area (Å²) in [4.78, 5) is 22.5. The third-order valence-corrected chi connectivity index (χ3v) is 3.54. The van der Waals surface area contributed by atoms with Gasteiger partial charge in [0.05, 0.1) is 4.92 Å². The van der Waals surface area contributed by atoms with Gasteiger partial charge in [-0.1, -0.05) is 32.0 Å². The van der Waals surface area contributed by atoms with Gasteiger partial charge in [-0.25, -0.2) is 0 Å². The van der Waals surface area contributed by atoms with Crippen molar-refractivity contribution in [1.82, 2.24) is 0 Å². The average Bonchev–Trinajstić information content (AvgIpc) is 2.54. The van der Waals surface area contributed by atoms with E-state index < -0.39 is 10.8 Å². The zero-order chi connectivity index (χ0) is 17.7. The molecule has 2 aromatic rings. The SMILES string of the molecule is Cc1ccc(NC(=O)COc2ccc(C(C)C)cc2)c([N+](=O)[O-])c1. The van der Waals surface area contributed by atoms with Gasteiger partial charge in [0.1, 0.15) is 11.4 Å². The summed E-state index contributed by atoms with van der Waals surface area (Å²) in [6.45, 7) is 5.73. The van der Waals surface area contributed by atoms with Crippen LogP contribution in [0.2, 0.25) is 0 Å². The molecule has 1 N–H and O–H groups in total. The third kappa shape index (κ3) is 4.55. The van der Waals surface area contributed by atoms with E-state index in [2.05, 4.69) is 19.2 Å². The van der Waals surface area contributed by atoms with Crippen LogP contribution in [0, 0.1) is 17.0 Å². The summed E-state index contributed by atoms with van der Waals surface area (Å²) in [5.41, 5.74) is 1.96. The van der Waals surface area contributed by atoms with Gasteiger partial charge in [0.25, 0.3) is 11.6 Å². The molecule has 0 heterocycles. The second-order valence-electron chi connectivity index (χ2n) is 5.84. The summed E-state index contributed by atoms with van der Waals surface area (Å²) in [5, 5.41) is 13.6. The quantitative estimate of drug-likeness (QED) is 0.641. The lowest BCUT2D eigenvalue weighted by Crippen LogP contribution is -2.20. The summed E-state index contributed by atoms with van der Waals surface area (Å²) in [5.74, 6) is 0.548. The summed E-state index contributed by atoms with van der Waals surface area (Å²) in [7, 11) is 0. The van der Waals surface area contributed by atoms with Crippen LogP contribution in [-0.2, 0) is 4.79 Å². The van der Waals surface area contributed by atoms with Gasteiger partial charge in [0, 0.05) is 6.07 Å². The fourth-order valence-electron chi connectivity index (χ4n) is 2.18. The van der Waals surface area contributed by atoms with Crippen molar-refractivity contribution in [3.8, 4) is 5.75 Å². The molecule has 6 heteroatoms. The Labute approximate surface area is 140 Å². The van der Waals surface area contributed by atoms with Gasteiger partial charge in [0.15, 0.2) is 6.61 Å². The molecule has 0 spiro atoms. The highest BCUT2D eigenvalue weighted by Crippen LogP contribution is 2.25. The van der Waals surface area contributed by atoms with Crippen molar-refractivity contribution < 1.29 is 14.5 Å². The first kappa shape index (κ1) is 17.5. The van der Waals surface area contributed by atoms with E-state index in [0.29, 0.717) is 11.7 Å². The number of benzene rings is 2. The number of nitro groups is 1. The van der Waals surface area contributed by atoms with Crippen molar-refractivity contribution in [1.29, 1.82) is 0 Å². The number of carbonyl (C=O) groups excluding carboxylic acids is 1. The lowest BCUT2D eigenvalue weighted by atomic mass is 10.0. The van der Waals surface area contributed by atoms with Gasteiger partial charge in [-0.15, -0.1) is 0 Å². The van der Waals surface area contributed by atoms with Crippen LogP contribution >= 0.6 is 0 Å². The first-order chi connectivity index (χ1) is 11.4. The van der Waals surface area contributed by atoms with Crippen LogP contribution in [0.25, 0.3) is 0 Å². The number of nitro benzene ring substituents is 1. The van der Waals surface area contributed by atoms with E-state index in [1.165, 1.54) is 17.7 Å². The predicted molar refractivity (Wildman–Crippen MR) is 92.5 cm³/mol. The number of ether oxygens (including phenoxy) is 1. The average molecular weight is 328 g/mol. The Kier molecular flexibility index (Phi) is 5.52. The highest BCUT2D eigenvalue weighted by atomic mass is 16.6. The zero-order valence-corrected chi connectivity index (χ0v) is 13.9. The summed E-state index contributed by atoms with van der Waals surface area (Å²) < 4.78 is 5.42. The molecule has 0 saturated carbocycles. The van der Waals surface area contributed by atoms with Crippen LogP contribution in [-0.4, -0.2) is 17.4 Å². The monoisotopic (exact) mass is 328 g/mol. The molecule has 0 saturated heterocycles. The summed E-state index contributed by atoms with van der Waals surface area (Å²) in [6, 6.07) is 12.1. The van der Waals surface area contributed by atoms with Gasteiger partial charge in [-0.3, -0.25) is 14.9 Å². The maximum Gasteiger partial charge on any atom is 0.293 e. The van der Waals surface area contributed by atoms with Crippen molar-refractivity contribution in [3.05, 3.63) is 63.7 Å². The Morgan fingerprint density at radius 3 is 2.46 bits per heavy atom. The molecule has 0 atom stereocenters. The largest absolute Gasteiger partial charge is 0.484 e. The molecular formula is C18H20N2O4. The molecule has 0 aliphatic rings. The third-order valence-electron chi connectivity index (χ3n) is 3.54. The van der Waals surface area contributed by atoms with Crippen LogP contribution in [0.5, 0.6) is 5.75 Å². The van der Waals surface area contributed by atoms with Crippen molar-refractivity contribution >= 4 is 17.3 Å². The van der Waals surface area contributed by atoms with Crippen LogP contribution < -0.4 is 10.1 Å². The van der Waals surface area contributed by atoms with Gasteiger partial charge in [-0.05, 0) is 42.2 Å². The van der Waals surface area contributed by atoms with E-state index in [1.807, 2.05) is 12.1 Å². The van der Waals surface area contributed by atoms with E-state index in [4.69, 9.17) is 4.74 Å². The number of aryl methyl sites for hydroxylation is 1. The minimum absolute atomic E-state index is 0.135. The molecule has 2 aromatic carbocycles.